The molecule has 134 valence electrons. The van der Waals surface area contributed by atoms with Gasteiger partial charge in [0.15, 0.2) is 5.03 Å². The van der Waals surface area contributed by atoms with Crippen LogP contribution in [0.15, 0.2) is 40.6 Å². The number of rotatable bonds is 3. The summed E-state index contributed by atoms with van der Waals surface area (Å²) in [6, 6.07) is 4.88. The predicted octanol–water partition coefficient (Wildman–Crippen LogP) is 0.651. The molecule has 0 aliphatic carbocycles. The van der Waals surface area contributed by atoms with E-state index in [1.165, 1.54) is 16.6 Å². The number of carbonyl (C=O) groups is 1. The zero-order chi connectivity index (χ0) is 17.4. The minimum absolute atomic E-state index is 0.0536. The molecular weight excluding hydrogens is 342 g/mol. The lowest BCUT2D eigenvalue weighted by Crippen LogP contribution is -2.41. The van der Waals surface area contributed by atoms with Crippen LogP contribution in [0, 0.1) is 5.92 Å². The zero-order valence-electron chi connectivity index (χ0n) is 13.9. The summed E-state index contributed by atoms with van der Waals surface area (Å²) in [6.45, 7) is 2.98. The van der Waals surface area contributed by atoms with E-state index in [4.69, 9.17) is 4.74 Å². The van der Waals surface area contributed by atoms with Gasteiger partial charge in [-0.2, -0.15) is 4.31 Å². The third kappa shape index (κ3) is 3.09. The Bertz CT molecular complexity index is 782. The van der Waals surface area contributed by atoms with Gasteiger partial charge < -0.3 is 9.64 Å². The topological polar surface area (TPSA) is 79.8 Å². The number of aromatic nitrogens is 1. The summed E-state index contributed by atoms with van der Waals surface area (Å²) in [5, 5.41) is 0.0726. The summed E-state index contributed by atoms with van der Waals surface area (Å²) in [7, 11) is -3.58. The number of sulfonamides is 1. The highest BCUT2D eigenvalue weighted by molar-refractivity contribution is 7.89. The van der Waals surface area contributed by atoms with Gasteiger partial charge in [0, 0.05) is 39.0 Å². The molecule has 1 aromatic rings. The van der Waals surface area contributed by atoms with Crippen LogP contribution in [0.3, 0.4) is 0 Å². The van der Waals surface area contributed by atoms with Gasteiger partial charge in [0.05, 0.1) is 12.5 Å². The Morgan fingerprint density at radius 3 is 2.52 bits per heavy atom. The summed E-state index contributed by atoms with van der Waals surface area (Å²) < 4.78 is 32.2. The van der Waals surface area contributed by atoms with E-state index in [-0.39, 0.29) is 16.9 Å². The molecule has 0 bridgehead atoms. The molecule has 4 heterocycles. The Hall–Kier alpha value is -1.77. The van der Waals surface area contributed by atoms with Crippen molar-refractivity contribution in [1.29, 1.82) is 0 Å². The number of amides is 1. The third-order valence-electron chi connectivity index (χ3n) is 5.06. The van der Waals surface area contributed by atoms with Crippen LogP contribution in [0.25, 0.3) is 0 Å². The molecule has 1 saturated heterocycles. The van der Waals surface area contributed by atoms with Crippen molar-refractivity contribution in [3.8, 4) is 0 Å². The quantitative estimate of drug-likeness (QED) is 0.737. The molecule has 8 heteroatoms. The molecule has 0 radical (unpaired) electrons. The Kier molecular flexibility index (Phi) is 4.35. The van der Waals surface area contributed by atoms with Crippen LogP contribution in [0.4, 0.5) is 0 Å². The van der Waals surface area contributed by atoms with Crippen LogP contribution in [-0.2, 0) is 19.6 Å². The lowest BCUT2D eigenvalue weighted by molar-refractivity contribution is -0.138. The van der Waals surface area contributed by atoms with Crippen LogP contribution < -0.4 is 0 Å². The Labute approximate surface area is 147 Å². The van der Waals surface area contributed by atoms with Crippen molar-refractivity contribution in [3.63, 3.8) is 0 Å². The van der Waals surface area contributed by atoms with Gasteiger partial charge in [0.1, 0.15) is 0 Å². The summed E-state index contributed by atoms with van der Waals surface area (Å²) in [5.74, 6) is 0.0790. The molecule has 0 aromatic carbocycles. The minimum atomic E-state index is -3.58. The fraction of sp³-hybridized carbons (Fsp3) is 0.529. The maximum absolute atomic E-state index is 12.7. The number of nitrogens with zero attached hydrogens (tertiary/aromatic N) is 3. The highest BCUT2D eigenvalue weighted by Crippen LogP contribution is 2.30. The number of hydrogen-bond donors (Lipinski definition) is 0. The molecule has 0 spiro atoms. The second kappa shape index (κ2) is 6.51. The van der Waals surface area contributed by atoms with Crippen molar-refractivity contribution in [2.24, 2.45) is 5.92 Å². The molecule has 1 atom stereocenters. The summed E-state index contributed by atoms with van der Waals surface area (Å²) >= 11 is 0. The van der Waals surface area contributed by atoms with Crippen LogP contribution in [0.5, 0.6) is 0 Å². The molecule has 3 aliphatic rings. The smallest absolute Gasteiger partial charge is 0.261 e. The molecule has 0 saturated carbocycles. The number of hydrogen-bond acceptors (Lipinski definition) is 5. The summed E-state index contributed by atoms with van der Waals surface area (Å²) in [4.78, 5) is 18.4. The first-order chi connectivity index (χ1) is 12.1. The Morgan fingerprint density at radius 2 is 1.92 bits per heavy atom. The van der Waals surface area contributed by atoms with E-state index < -0.39 is 10.0 Å². The van der Waals surface area contributed by atoms with E-state index in [1.54, 1.807) is 12.1 Å². The van der Waals surface area contributed by atoms with E-state index in [1.807, 2.05) is 4.90 Å². The standard InChI is InChI=1S/C17H21N3O4S/c21-17(13-4-3-7-24-12-13)19-8-14-10-20(11-15(14)9-19)25(22,23)16-5-1-2-6-18-16/h1-2,5-6,13H,3-4,7-12H2/t13-/m0/s1. The molecular formula is C17H21N3O4S. The second-order valence-electron chi connectivity index (χ2n) is 6.76. The molecule has 4 rings (SSSR count). The van der Waals surface area contributed by atoms with Gasteiger partial charge in [-0.15, -0.1) is 0 Å². The maximum Gasteiger partial charge on any atom is 0.261 e. The van der Waals surface area contributed by atoms with Crippen LogP contribution >= 0.6 is 0 Å². The largest absolute Gasteiger partial charge is 0.381 e. The first kappa shape index (κ1) is 16.7. The molecule has 1 fully saturated rings. The van der Waals surface area contributed by atoms with Gasteiger partial charge in [0.2, 0.25) is 5.91 Å². The van der Waals surface area contributed by atoms with Crippen molar-refractivity contribution >= 4 is 15.9 Å². The average molecular weight is 363 g/mol. The van der Waals surface area contributed by atoms with Crippen molar-refractivity contribution in [1.82, 2.24) is 14.2 Å². The molecule has 25 heavy (non-hydrogen) atoms. The summed E-state index contributed by atoms with van der Waals surface area (Å²) in [6.07, 6.45) is 3.28. The number of carbonyl (C=O) groups excluding carboxylic acids is 1. The number of pyridine rings is 1. The van der Waals surface area contributed by atoms with Crippen molar-refractivity contribution < 1.29 is 17.9 Å². The van der Waals surface area contributed by atoms with E-state index in [0.717, 1.165) is 30.6 Å². The first-order valence-corrected chi connectivity index (χ1v) is 9.97. The van der Waals surface area contributed by atoms with Gasteiger partial charge in [-0.1, -0.05) is 6.07 Å². The number of ether oxygens (including phenoxy) is 1. The highest BCUT2D eigenvalue weighted by atomic mass is 32.2. The molecule has 1 aromatic heterocycles. The van der Waals surface area contributed by atoms with Gasteiger partial charge >= 0.3 is 0 Å². The fourth-order valence-corrected chi connectivity index (χ4v) is 5.06. The molecule has 3 aliphatic heterocycles. The van der Waals surface area contributed by atoms with E-state index in [9.17, 15) is 13.2 Å². The van der Waals surface area contributed by atoms with E-state index in [0.29, 0.717) is 32.8 Å². The predicted molar refractivity (Wildman–Crippen MR) is 90.1 cm³/mol. The monoisotopic (exact) mass is 363 g/mol. The highest BCUT2D eigenvalue weighted by Gasteiger charge is 2.39. The Balaban J connectivity index is 1.40. The normalized spacial score (nSPS) is 24.6. The van der Waals surface area contributed by atoms with Gasteiger partial charge in [-0.3, -0.25) is 4.79 Å². The van der Waals surface area contributed by atoms with Crippen LogP contribution in [0.2, 0.25) is 0 Å². The lowest BCUT2D eigenvalue weighted by atomic mass is 10.0. The van der Waals surface area contributed by atoms with Crippen LogP contribution in [0.1, 0.15) is 12.8 Å². The SMILES string of the molecule is O=C([C@H]1CCCOC1)N1CC2=C(C1)CN(S(=O)(=O)c1ccccn1)C2. The molecule has 0 N–H and O–H groups in total. The molecule has 1 amide bonds. The molecule has 0 unspecified atom stereocenters. The summed E-state index contributed by atoms with van der Waals surface area (Å²) in [5.41, 5.74) is 2.09. The minimum Gasteiger partial charge on any atom is -0.381 e. The third-order valence-corrected chi connectivity index (χ3v) is 6.77. The van der Waals surface area contributed by atoms with Gasteiger partial charge in [-0.25, -0.2) is 13.4 Å². The molecule has 7 nitrogen and oxygen atoms in total. The Morgan fingerprint density at radius 1 is 1.16 bits per heavy atom. The first-order valence-electron chi connectivity index (χ1n) is 8.53. The zero-order valence-corrected chi connectivity index (χ0v) is 14.7. The van der Waals surface area contributed by atoms with Crippen molar-refractivity contribution in [2.45, 2.75) is 17.9 Å². The fourth-order valence-electron chi connectivity index (χ4n) is 3.70. The van der Waals surface area contributed by atoms with Crippen molar-refractivity contribution in [3.05, 3.63) is 35.5 Å². The van der Waals surface area contributed by atoms with E-state index in [2.05, 4.69) is 4.98 Å². The van der Waals surface area contributed by atoms with Crippen molar-refractivity contribution in [2.75, 3.05) is 39.4 Å². The second-order valence-corrected chi connectivity index (χ2v) is 8.64. The lowest BCUT2D eigenvalue weighted by Gasteiger charge is -2.28. The van der Waals surface area contributed by atoms with Gasteiger partial charge in [-0.05, 0) is 36.1 Å². The maximum atomic E-state index is 12.7. The van der Waals surface area contributed by atoms with Gasteiger partial charge in [0.25, 0.3) is 10.0 Å². The van der Waals surface area contributed by atoms with Crippen LogP contribution in [-0.4, -0.2) is 67.9 Å². The average Bonchev–Trinajstić information content (AvgIpc) is 3.22. The van der Waals surface area contributed by atoms with E-state index >= 15 is 0 Å².